The number of hydrogen-bond acceptors (Lipinski definition) is 2. The number of pyridine rings is 1. The number of carbonyl (C=O) groups excluding carboxylic acids is 1. The first-order valence-corrected chi connectivity index (χ1v) is 6.98. The van der Waals surface area contributed by atoms with Crippen LogP contribution in [0, 0.1) is 0 Å². The molecule has 0 spiro atoms. The number of halogens is 1. The highest BCUT2D eigenvalue weighted by molar-refractivity contribution is 6.29. The van der Waals surface area contributed by atoms with E-state index in [4.69, 9.17) is 11.6 Å². The molecule has 3 rings (SSSR count). The van der Waals surface area contributed by atoms with Crippen molar-refractivity contribution in [1.82, 2.24) is 10.3 Å². The number of fused-ring (bicyclic) bond motifs is 1. The van der Waals surface area contributed by atoms with Crippen LogP contribution in [0.2, 0.25) is 5.15 Å². The predicted molar refractivity (Wildman–Crippen MR) is 84.4 cm³/mol. The number of nitrogens with one attached hydrogen (secondary N) is 1. The predicted octanol–water partition coefficient (Wildman–Crippen LogP) is 3.82. The van der Waals surface area contributed by atoms with E-state index in [0.29, 0.717) is 17.3 Å². The topological polar surface area (TPSA) is 42.0 Å². The Morgan fingerprint density at radius 3 is 2.67 bits per heavy atom. The molecule has 21 heavy (non-hydrogen) atoms. The van der Waals surface area contributed by atoms with Gasteiger partial charge in [0.05, 0.1) is 5.52 Å². The molecule has 0 radical (unpaired) electrons. The van der Waals surface area contributed by atoms with Crippen LogP contribution in [0.5, 0.6) is 0 Å². The molecule has 0 aliphatic carbocycles. The number of amides is 1. The van der Waals surface area contributed by atoms with Gasteiger partial charge in [-0.05, 0) is 35.9 Å². The van der Waals surface area contributed by atoms with E-state index >= 15 is 0 Å². The quantitative estimate of drug-likeness (QED) is 0.747. The fourth-order valence-corrected chi connectivity index (χ4v) is 2.28. The molecule has 1 heterocycles. The summed E-state index contributed by atoms with van der Waals surface area (Å²) in [6.45, 7) is 0.510. The molecule has 3 aromatic rings. The summed E-state index contributed by atoms with van der Waals surface area (Å²) in [4.78, 5) is 16.4. The molecular formula is C17H13ClN2O. The Kier molecular flexibility index (Phi) is 3.84. The van der Waals surface area contributed by atoms with Crippen LogP contribution in [0.25, 0.3) is 10.9 Å². The van der Waals surface area contributed by atoms with Crippen molar-refractivity contribution in [3.05, 3.63) is 76.9 Å². The summed E-state index contributed by atoms with van der Waals surface area (Å²) in [6, 6.07) is 18.8. The Labute approximate surface area is 127 Å². The number of benzene rings is 2. The molecule has 0 fully saturated rings. The van der Waals surface area contributed by atoms with Gasteiger partial charge < -0.3 is 5.32 Å². The maximum Gasteiger partial charge on any atom is 0.251 e. The van der Waals surface area contributed by atoms with Gasteiger partial charge in [-0.3, -0.25) is 4.79 Å². The monoisotopic (exact) mass is 296 g/mol. The lowest BCUT2D eigenvalue weighted by molar-refractivity contribution is 0.0951. The van der Waals surface area contributed by atoms with Crippen LogP contribution in [0.3, 0.4) is 0 Å². The number of aromatic nitrogens is 1. The molecule has 104 valence electrons. The van der Waals surface area contributed by atoms with Crippen LogP contribution in [-0.2, 0) is 6.54 Å². The number of nitrogens with zero attached hydrogens (tertiary/aromatic N) is 1. The van der Waals surface area contributed by atoms with Crippen LogP contribution in [0.4, 0.5) is 0 Å². The SMILES string of the molecule is O=C(NCc1ccccc1)c1ccc2nc(Cl)ccc2c1. The van der Waals surface area contributed by atoms with Gasteiger partial charge in [0, 0.05) is 17.5 Å². The Bertz CT molecular complexity index is 787. The van der Waals surface area contributed by atoms with E-state index in [1.54, 1.807) is 18.2 Å². The van der Waals surface area contributed by atoms with Crippen molar-refractivity contribution >= 4 is 28.4 Å². The number of rotatable bonds is 3. The first-order valence-electron chi connectivity index (χ1n) is 6.61. The first-order chi connectivity index (χ1) is 10.2. The molecule has 3 nitrogen and oxygen atoms in total. The maximum atomic E-state index is 12.2. The zero-order valence-corrected chi connectivity index (χ0v) is 12.0. The number of hydrogen-bond donors (Lipinski definition) is 1. The Hall–Kier alpha value is -2.39. The van der Waals surface area contributed by atoms with Gasteiger partial charge in [0.1, 0.15) is 5.15 Å². The Balaban J connectivity index is 1.77. The van der Waals surface area contributed by atoms with Gasteiger partial charge in [0.25, 0.3) is 5.91 Å². The third-order valence-electron chi connectivity index (χ3n) is 3.21. The van der Waals surface area contributed by atoms with E-state index in [1.807, 2.05) is 42.5 Å². The van der Waals surface area contributed by atoms with Crippen molar-refractivity contribution in [3.8, 4) is 0 Å². The molecule has 2 aromatic carbocycles. The summed E-state index contributed by atoms with van der Waals surface area (Å²) >= 11 is 5.85. The average molecular weight is 297 g/mol. The second-order valence-electron chi connectivity index (χ2n) is 4.71. The second kappa shape index (κ2) is 5.94. The number of carbonyl (C=O) groups is 1. The van der Waals surface area contributed by atoms with Crippen molar-refractivity contribution in [2.24, 2.45) is 0 Å². The summed E-state index contributed by atoms with van der Waals surface area (Å²) < 4.78 is 0. The third-order valence-corrected chi connectivity index (χ3v) is 3.42. The lowest BCUT2D eigenvalue weighted by Crippen LogP contribution is -2.22. The van der Waals surface area contributed by atoms with E-state index in [9.17, 15) is 4.79 Å². The average Bonchev–Trinajstić information content (AvgIpc) is 2.53. The van der Waals surface area contributed by atoms with Crippen LogP contribution in [-0.4, -0.2) is 10.9 Å². The van der Waals surface area contributed by atoms with Crippen LogP contribution in [0.15, 0.2) is 60.7 Å². The minimum Gasteiger partial charge on any atom is -0.348 e. The third kappa shape index (κ3) is 3.20. The maximum absolute atomic E-state index is 12.2. The normalized spacial score (nSPS) is 10.5. The molecule has 1 aromatic heterocycles. The first kappa shape index (κ1) is 13.6. The molecule has 0 saturated carbocycles. The second-order valence-corrected chi connectivity index (χ2v) is 5.10. The minimum absolute atomic E-state index is 0.101. The molecule has 0 unspecified atom stereocenters. The van der Waals surface area contributed by atoms with E-state index in [-0.39, 0.29) is 5.91 Å². The van der Waals surface area contributed by atoms with E-state index in [1.165, 1.54) is 0 Å². The fraction of sp³-hybridized carbons (Fsp3) is 0.0588. The van der Waals surface area contributed by atoms with Crippen molar-refractivity contribution in [2.75, 3.05) is 0 Å². The summed E-state index contributed by atoms with van der Waals surface area (Å²) in [5.41, 5.74) is 2.46. The van der Waals surface area contributed by atoms with Crippen molar-refractivity contribution in [3.63, 3.8) is 0 Å². The van der Waals surface area contributed by atoms with Crippen molar-refractivity contribution in [1.29, 1.82) is 0 Å². The highest BCUT2D eigenvalue weighted by Crippen LogP contribution is 2.17. The van der Waals surface area contributed by atoms with E-state index < -0.39 is 0 Å². The minimum atomic E-state index is -0.101. The highest BCUT2D eigenvalue weighted by atomic mass is 35.5. The Morgan fingerprint density at radius 2 is 1.86 bits per heavy atom. The summed E-state index contributed by atoms with van der Waals surface area (Å²) in [5.74, 6) is -0.101. The fourth-order valence-electron chi connectivity index (χ4n) is 2.12. The molecule has 1 N–H and O–H groups in total. The lowest BCUT2D eigenvalue weighted by atomic mass is 10.1. The summed E-state index contributed by atoms with van der Waals surface area (Å²) in [5, 5.41) is 4.25. The largest absolute Gasteiger partial charge is 0.348 e. The van der Waals surface area contributed by atoms with Crippen LogP contribution >= 0.6 is 11.6 Å². The van der Waals surface area contributed by atoms with Gasteiger partial charge >= 0.3 is 0 Å². The van der Waals surface area contributed by atoms with Crippen LogP contribution in [0.1, 0.15) is 15.9 Å². The Morgan fingerprint density at radius 1 is 1.05 bits per heavy atom. The summed E-state index contributed by atoms with van der Waals surface area (Å²) in [6.07, 6.45) is 0. The summed E-state index contributed by atoms with van der Waals surface area (Å²) in [7, 11) is 0. The smallest absolute Gasteiger partial charge is 0.251 e. The molecule has 1 amide bonds. The molecule has 0 bridgehead atoms. The van der Waals surface area contributed by atoms with Gasteiger partial charge in [0.2, 0.25) is 0 Å². The van der Waals surface area contributed by atoms with Crippen molar-refractivity contribution < 1.29 is 4.79 Å². The molecule has 0 atom stereocenters. The van der Waals surface area contributed by atoms with Gasteiger partial charge in [0.15, 0.2) is 0 Å². The standard InChI is InChI=1S/C17H13ClN2O/c18-16-9-7-13-10-14(6-8-15(13)20-16)17(21)19-11-12-4-2-1-3-5-12/h1-10H,11H2,(H,19,21). The molecule has 0 saturated heterocycles. The van der Waals surface area contributed by atoms with Gasteiger partial charge in [-0.1, -0.05) is 41.9 Å². The van der Waals surface area contributed by atoms with E-state index in [2.05, 4.69) is 10.3 Å². The van der Waals surface area contributed by atoms with Gasteiger partial charge in [-0.25, -0.2) is 4.98 Å². The molecule has 0 aliphatic heterocycles. The zero-order valence-electron chi connectivity index (χ0n) is 11.2. The van der Waals surface area contributed by atoms with E-state index in [0.717, 1.165) is 16.5 Å². The molecular weight excluding hydrogens is 284 g/mol. The molecule has 4 heteroatoms. The van der Waals surface area contributed by atoms with Crippen molar-refractivity contribution in [2.45, 2.75) is 6.54 Å². The van der Waals surface area contributed by atoms with Gasteiger partial charge in [-0.2, -0.15) is 0 Å². The zero-order chi connectivity index (χ0) is 14.7. The van der Waals surface area contributed by atoms with Crippen LogP contribution < -0.4 is 5.32 Å². The van der Waals surface area contributed by atoms with Gasteiger partial charge in [-0.15, -0.1) is 0 Å². The molecule has 0 aliphatic rings. The highest BCUT2D eigenvalue weighted by Gasteiger charge is 2.07. The lowest BCUT2D eigenvalue weighted by Gasteiger charge is -2.06.